The molecule has 5 heteroatoms. The van der Waals surface area contributed by atoms with E-state index in [-0.39, 0.29) is 0 Å². The molecule has 0 amide bonds. The SMILES string of the molecule is Cc1noc(N(CCN)Cc2ccccc2)n1. The highest BCUT2D eigenvalue weighted by molar-refractivity contribution is 5.28. The van der Waals surface area contributed by atoms with Crippen LogP contribution in [0.25, 0.3) is 0 Å². The largest absolute Gasteiger partial charge is 0.329 e. The number of nitrogens with zero attached hydrogens (tertiary/aromatic N) is 3. The highest BCUT2D eigenvalue weighted by atomic mass is 16.5. The van der Waals surface area contributed by atoms with Gasteiger partial charge in [0.05, 0.1) is 0 Å². The van der Waals surface area contributed by atoms with E-state index >= 15 is 0 Å². The zero-order chi connectivity index (χ0) is 12.1. The molecule has 0 atom stereocenters. The van der Waals surface area contributed by atoms with E-state index < -0.39 is 0 Å². The second-order valence-corrected chi connectivity index (χ2v) is 3.82. The molecule has 1 heterocycles. The highest BCUT2D eigenvalue weighted by Crippen LogP contribution is 2.13. The van der Waals surface area contributed by atoms with Gasteiger partial charge in [-0.25, -0.2) is 0 Å². The molecule has 2 rings (SSSR count). The molecule has 17 heavy (non-hydrogen) atoms. The Hall–Kier alpha value is -1.88. The van der Waals surface area contributed by atoms with Gasteiger partial charge in [-0.1, -0.05) is 35.5 Å². The quantitative estimate of drug-likeness (QED) is 0.842. The Labute approximate surface area is 100 Å². The molecule has 0 radical (unpaired) electrons. The third kappa shape index (κ3) is 3.04. The van der Waals surface area contributed by atoms with E-state index in [1.807, 2.05) is 23.1 Å². The molecule has 2 aromatic rings. The second-order valence-electron chi connectivity index (χ2n) is 3.82. The van der Waals surface area contributed by atoms with E-state index in [0.29, 0.717) is 24.9 Å². The smallest absolute Gasteiger partial charge is 0.324 e. The van der Waals surface area contributed by atoms with Crippen LogP contribution in [-0.2, 0) is 6.54 Å². The number of hydrogen-bond donors (Lipinski definition) is 1. The Morgan fingerprint density at radius 3 is 2.65 bits per heavy atom. The zero-order valence-electron chi connectivity index (χ0n) is 9.84. The molecular formula is C12H16N4O. The van der Waals surface area contributed by atoms with E-state index in [2.05, 4.69) is 22.3 Å². The van der Waals surface area contributed by atoms with Crippen LogP contribution in [-0.4, -0.2) is 23.2 Å². The van der Waals surface area contributed by atoms with E-state index in [0.717, 1.165) is 6.54 Å². The number of aromatic nitrogens is 2. The molecule has 1 aromatic heterocycles. The Bertz CT molecular complexity index is 455. The normalized spacial score (nSPS) is 10.5. The van der Waals surface area contributed by atoms with Gasteiger partial charge in [0.15, 0.2) is 5.82 Å². The van der Waals surface area contributed by atoms with Gasteiger partial charge in [-0.3, -0.25) is 0 Å². The van der Waals surface area contributed by atoms with Gasteiger partial charge in [0.2, 0.25) is 0 Å². The molecular weight excluding hydrogens is 216 g/mol. The van der Waals surface area contributed by atoms with Crippen LogP contribution in [0.2, 0.25) is 0 Å². The minimum Gasteiger partial charge on any atom is -0.329 e. The van der Waals surface area contributed by atoms with E-state index in [4.69, 9.17) is 10.3 Å². The maximum absolute atomic E-state index is 5.60. The fourth-order valence-corrected chi connectivity index (χ4v) is 1.62. The first kappa shape index (κ1) is 11.6. The van der Waals surface area contributed by atoms with Crippen molar-refractivity contribution in [2.45, 2.75) is 13.5 Å². The maximum Gasteiger partial charge on any atom is 0.324 e. The fraction of sp³-hybridized carbons (Fsp3) is 0.333. The molecule has 1 aromatic carbocycles. The number of nitrogens with two attached hydrogens (primary N) is 1. The van der Waals surface area contributed by atoms with Gasteiger partial charge in [-0.2, -0.15) is 4.98 Å². The number of rotatable bonds is 5. The summed E-state index contributed by atoms with van der Waals surface area (Å²) in [7, 11) is 0. The van der Waals surface area contributed by atoms with Gasteiger partial charge in [0.25, 0.3) is 0 Å². The van der Waals surface area contributed by atoms with E-state index in [1.165, 1.54) is 5.56 Å². The predicted molar refractivity (Wildman–Crippen MR) is 65.6 cm³/mol. The van der Waals surface area contributed by atoms with Gasteiger partial charge >= 0.3 is 6.01 Å². The first-order valence-corrected chi connectivity index (χ1v) is 5.59. The minimum atomic E-state index is 0.525. The van der Waals surface area contributed by atoms with Crippen LogP contribution in [0.15, 0.2) is 34.9 Å². The van der Waals surface area contributed by atoms with Crippen LogP contribution >= 0.6 is 0 Å². The van der Waals surface area contributed by atoms with Gasteiger partial charge in [-0.05, 0) is 12.5 Å². The monoisotopic (exact) mass is 232 g/mol. The topological polar surface area (TPSA) is 68.2 Å². The average molecular weight is 232 g/mol. The molecule has 0 aliphatic carbocycles. The van der Waals surface area contributed by atoms with Crippen LogP contribution in [0.5, 0.6) is 0 Å². The summed E-state index contributed by atoms with van der Waals surface area (Å²) in [5.41, 5.74) is 6.79. The molecule has 5 nitrogen and oxygen atoms in total. The average Bonchev–Trinajstić information content (AvgIpc) is 2.77. The number of hydrogen-bond acceptors (Lipinski definition) is 5. The van der Waals surface area contributed by atoms with Gasteiger partial charge in [-0.15, -0.1) is 0 Å². The summed E-state index contributed by atoms with van der Waals surface area (Å²) >= 11 is 0. The zero-order valence-corrected chi connectivity index (χ0v) is 9.84. The number of aryl methyl sites for hydroxylation is 1. The molecule has 0 unspecified atom stereocenters. The Morgan fingerprint density at radius 2 is 2.06 bits per heavy atom. The molecule has 0 saturated carbocycles. The third-order valence-corrected chi connectivity index (χ3v) is 2.40. The van der Waals surface area contributed by atoms with Gasteiger partial charge < -0.3 is 15.2 Å². The van der Waals surface area contributed by atoms with Crippen molar-refractivity contribution in [1.82, 2.24) is 10.1 Å². The van der Waals surface area contributed by atoms with Crippen LogP contribution < -0.4 is 10.6 Å². The Morgan fingerprint density at radius 1 is 1.29 bits per heavy atom. The van der Waals surface area contributed by atoms with E-state index in [1.54, 1.807) is 6.92 Å². The summed E-state index contributed by atoms with van der Waals surface area (Å²) in [4.78, 5) is 6.20. The molecule has 0 aliphatic rings. The molecule has 0 fully saturated rings. The summed E-state index contributed by atoms with van der Waals surface area (Å²) in [5.74, 6) is 0.634. The van der Waals surface area contributed by atoms with Crippen molar-refractivity contribution >= 4 is 6.01 Å². The predicted octanol–water partition coefficient (Wildman–Crippen LogP) is 1.34. The first-order chi connectivity index (χ1) is 8.29. The lowest BCUT2D eigenvalue weighted by Crippen LogP contribution is -2.29. The van der Waals surface area contributed by atoms with Crippen molar-refractivity contribution in [2.24, 2.45) is 5.73 Å². The summed E-state index contributed by atoms with van der Waals surface area (Å²) in [6.07, 6.45) is 0. The van der Waals surface area contributed by atoms with Crippen LogP contribution in [0, 0.1) is 6.92 Å². The maximum atomic E-state index is 5.60. The molecule has 0 aliphatic heterocycles. The lowest BCUT2D eigenvalue weighted by atomic mass is 10.2. The lowest BCUT2D eigenvalue weighted by Gasteiger charge is -2.18. The third-order valence-electron chi connectivity index (χ3n) is 2.40. The van der Waals surface area contributed by atoms with Crippen molar-refractivity contribution in [1.29, 1.82) is 0 Å². The standard InChI is InChI=1S/C12H16N4O/c1-10-14-12(17-15-10)16(8-7-13)9-11-5-3-2-4-6-11/h2-6H,7-9,13H2,1H3. The fourth-order valence-electron chi connectivity index (χ4n) is 1.62. The van der Waals surface area contributed by atoms with Crippen molar-refractivity contribution < 1.29 is 4.52 Å². The first-order valence-electron chi connectivity index (χ1n) is 5.59. The number of anilines is 1. The van der Waals surface area contributed by atoms with Crippen LogP contribution in [0.4, 0.5) is 6.01 Å². The van der Waals surface area contributed by atoms with Gasteiger partial charge in [0.1, 0.15) is 0 Å². The molecule has 0 spiro atoms. The highest BCUT2D eigenvalue weighted by Gasteiger charge is 2.12. The van der Waals surface area contributed by atoms with Gasteiger partial charge in [0, 0.05) is 19.6 Å². The van der Waals surface area contributed by atoms with E-state index in [9.17, 15) is 0 Å². The van der Waals surface area contributed by atoms with Crippen molar-refractivity contribution in [3.63, 3.8) is 0 Å². The molecule has 0 bridgehead atoms. The molecule has 2 N–H and O–H groups in total. The lowest BCUT2D eigenvalue weighted by molar-refractivity contribution is 0.408. The summed E-state index contributed by atoms with van der Waals surface area (Å²) in [6.45, 7) is 3.76. The Kier molecular flexibility index (Phi) is 3.72. The number of benzene rings is 1. The summed E-state index contributed by atoms with van der Waals surface area (Å²) < 4.78 is 5.16. The van der Waals surface area contributed by atoms with Crippen molar-refractivity contribution in [3.05, 3.63) is 41.7 Å². The molecule has 0 saturated heterocycles. The Balaban J connectivity index is 2.13. The summed E-state index contributed by atoms with van der Waals surface area (Å²) in [5, 5.41) is 3.79. The van der Waals surface area contributed by atoms with Crippen LogP contribution in [0.1, 0.15) is 11.4 Å². The van der Waals surface area contributed by atoms with Crippen LogP contribution in [0.3, 0.4) is 0 Å². The molecule has 90 valence electrons. The minimum absolute atomic E-state index is 0.525. The van der Waals surface area contributed by atoms with Crippen molar-refractivity contribution in [2.75, 3.05) is 18.0 Å². The van der Waals surface area contributed by atoms with Crippen molar-refractivity contribution in [3.8, 4) is 0 Å². The second kappa shape index (κ2) is 5.45. The summed E-state index contributed by atoms with van der Waals surface area (Å²) in [6, 6.07) is 10.7.